The van der Waals surface area contributed by atoms with E-state index in [0.29, 0.717) is 45.2 Å². The molecule has 1 saturated heterocycles. The van der Waals surface area contributed by atoms with E-state index in [1.807, 2.05) is 50.1 Å². The molecule has 0 aromatic heterocycles. The molecule has 8 heteroatoms. The summed E-state index contributed by atoms with van der Waals surface area (Å²) < 4.78 is 43.1. The maximum atomic E-state index is 12.6. The molecule has 2 rings (SSSR count). The van der Waals surface area contributed by atoms with Crippen molar-refractivity contribution >= 4 is 5.96 Å². The molecule has 5 nitrogen and oxygen atoms in total. The number of alkyl halides is 3. The molecule has 1 fully saturated rings. The average molecular weight is 386 g/mol. The van der Waals surface area contributed by atoms with E-state index in [9.17, 15) is 13.2 Å². The van der Waals surface area contributed by atoms with E-state index in [-0.39, 0.29) is 6.04 Å². The number of aliphatic imine (C=N–C) groups is 1. The lowest BCUT2D eigenvalue weighted by Gasteiger charge is -2.26. The molecular formula is C19H29F3N4O. The monoisotopic (exact) mass is 386 g/mol. The molecule has 1 N–H and O–H groups in total. The molecule has 1 unspecified atom stereocenters. The fourth-order valence-electron chi connectivity index (χ4n) is 3.16. The van der Waals surface area contributed by atoms with Gasteiger partial charge in [0.1, 0.15) is 5.75 Å². The Balaban J connectivity index is 1.91. The Morgan fingerprint density at radius 2 is 2.00 bits per heavy atom. The van der Waals surface area contributed by atoms with Gasteiger partial charge in [-0.1, -0.05) is 12.1 Å². The van der Waals surface area contributed by atoms with Gasteiger partial charge in [-0.25, -0.2) is 0 Å². The van der Waals surface area contributed by atoms with E-state index in [0.717, 1.165) is 11.3 Å². The SMILES string of the molecule is CCN=C(NC1CCN(CC(F)(F)F)C1)N(C)Cc1ccc(OCC)cc1. The molecule has 152 valence electrons. The van der Waals surface area contributed by atoms with Gasteiger partial charge in [0.25, 0.3) is 0 Å². The molecular weight excluding hydrogens is 357 g/mol. The van der Waals surface area contributed by atoms with Crippen LogP contribution in [0, 0.1) is 0 Å². The molecule has 1 aromatic carbocycles. The predicted molar refractivity (Wildman–Crippen MR) is 101 cm³/mol. The zero-order valence-electron chi connectivity index (χ0n) is 16.2. The summed E-state index contributed by atoms with van der Waals surface area (Å²) in [6, 6.07) is 7.85. The van der Waals surface area contributed by atoms with Crippen LogP contribution < -0.4 is 10.1 Å². The lowest BCUT2D eigenvalue weighted by atomic mass is 10.2. The Morgan fingerprint density at radius 3 is 2.59 bits per heavy atom. The van der Waals surface area contributed by atoms with Gasteiger partial charge in [0.15, 0.2) is 5.96 Å². The maximum Gasteiger partial charge on any atom is 0.401 e. The van der Waals surface area contributed by atoms with Crippen LogP contribution in [-0.4, -0.2) is 67.8 Å². The normalized spacial score (nSPS) is 18.6. The van der Waals surface area contributed by atoms with Crippen LogP contribution in [0.15, 0.2) is 29.3 Å². The first-order valence-electron chi connectivity index (χ1n) is 9.33. The Labute approximate surface area is 159 Å². The van der Waals surface area contributed by atoms with Crippen LogP contribution in [0.25, 0.3) is 0 Å². The lowest BCUT2D eigenvalue weighted by Crippen LogP contribution is -2.45. The maximum absolute atomic E-state index is 12.6. The minimum absolute atomic E-state index is 0.0274. The second-order valence-corrected chi connectivity index (χ2v) is 6.71. The molecule has 1 atom stereocenters. The van der Waals surface area contributed by atoms with E-state index < -0.39 is 12.7 Å². The summed E-state index contributed by atoms with van der Waals surface area (Å²) in [6.45, 7) is 5.73. The van der Waals surface area contributed by atoms with Gasteiger partial charge in [-0.05, 0) is 38.0 Å². The van der Waals surface area contributed by atoms with Gasteiger partial charge in [0.2, 0.25) is 0 Å². The zero-order chi connectivity index (χ0) is 19.9. The van der Waals surface area contributed by atoms with E-state index in [1.165, 1.54) is 4.90 Å². The average Bonchev–Trinajstić information content (AvgIpc) is 3.01. The molecule has 1 heterocycles. The highest BCUT2D eigenvalue weighted by atomic mass is 19.4. The number of hydrogen-bond acceptors (Lipinski definition) is 3. The third-order valence-electron chi connectivity index (χ3n) is 4.33. The highest BCUT2D eigenvalue weighted by Crippen LogP contribution is 2.20. The number of nitrogens with zero attached hydrogens (tertiary/aromatic N) is 3. The standard InChI is InChI=1S/C19H29F3N4O/c1-4-23-18(24-16-10-11-26(13-16)14-19(20,21)22)25(3)12-15-6-8-17(9-7-15)27-5-2/h6-9,16H,4-5,10-14H2,1-3H3,(H,23,24). The summed E-state index contributed by atoms with van der Waals surface area (Å²) in [5.74, 6) is 1.55. The number of benzene rings is 1. The lowest BCUT2D eigenvalue weighted by molar-refractivity contribution is -0.143. The number of likely N-dealkylation sites (tertiary alicyclic amines) is 1. The Hall–Kier alpha value is -1.96. The van der Waals surface area contributed by atoms with Crippen molar-refractivity contribution in [3.8, 4) is 5.75 Å². The topological polar surface area (TPSA) is 40.1 Å². The molecule has 0 bridgehead atoms. The summed E-state index contributed by atoms with van der Waals surface area (Å²) in [5.41, 5.74) is 1.11. The third kappa shape index (κ3) is 7.28. The minimum Gasteiger partial charge on any atom is -0.494 e. The van der Waals surface area contributed by atoms with Crippen LogP contribution in [0.3, 0.4) is 0 Å². The van der Waals surface area contributed by atoms with Gasteiger partial charge in [-0.3, -0.25) is 9.89 Å². The second kappa shape index (κ2) is 9.82. The number of guanidine groups is 1. The zero-order valence-corrected chi connectivity index (χ0v) is 16.2. The summed E-state index contributed by atoms with van der Waals surface area (Å²) in [6.07, 6.45) is -3.48. The number of hydrogen-bond donors (Lipinski definition) is 1. The van der Waals surface area contributed by atoms with Crippen LogP contribution in [0.2, 0.25) is 0 Å². The van der Waals surface area contributed by atoms with Gasteiger partial charge >= 0.3 is 6.18 Å². The molecule has 0 saturated carbocycles. The smallest absolute Gasteiger partial charge is 0.401 e. The Bertz CT molecular complexity index is 604. The van der Waals surface area contributed by atoms with Gasteiger partial charge in [0.05, 0.1) is 13.2 Å². The van der Waals surface area contributed by atoms with Gasteiger partial charge in [-0.15, -0.1) is 0 Å². The number of ether oxygens (including phenoxy) is 1. The first-order chi connectivity index (χ1) is 12.8. The predicted octanol–water partition coefficient (Wildman–Crippen LogP) is 3.12. The van der Waals surface area contributed by atoms with Crippen molar-refractivity contribution in [2.75, 3.05) is 39.8 Å². The number of rotatable bonds is 7. The fraction of sp³-hybridized carbons (Fsp3) is 0.632. The molecule has 27 heavy (non-hydrogen) atoms. The molecule has 0 aliphatic carbocycles. The fourth-order valence-corrected chi connectivity index (χ4v) is 3.16. The summed E-state index contributed by atoms with van der Waals surface area (Å²) in [4.78, 5) is 7.93. The summed E-state index contributed by atoms with van der Waals surface area (Å²) >= 11 is 0. The van der Waals surface area contributed by atoms with Crippen molar-refractivity contribution in [1.29, 1.82) is 0 Å². The van der Waals surface area contributed by atoms with Gasteiger partial charge in [-0.2, -0.15) is 13.2 Å². The van der Waals surface area contributed by atoms with Gasteiger partial charge in [0, 0.05) is 39.3 Å². The number of halogens is 3. The van der Waals surface area contributed by atoms with Crippen molar-refractivity contribution in [3.05, 3.63) is 29.8 Å². The van der Waals surface area contributed by atoms with E-state index in [4.69, 9.17) is 4.74 Å². The van der Waals surface area contributed by atoms with Crippen LogP contribution in [0.1, 0.15) is 25.8 Å². The Kier molecular flexibility index (Phi) is 7.77. The van der Waals surface area contributed by atoms with Gasteiger partial charge < -0.3 is 15.0 Å². The second-order valence-electron chi connectivity index (χ2n) is 6.71. The van der Waals surface area contributed by atoms with Crippen molar-refractivity contribution in [1.82, 2.24) is 15.1 Å². The van der Waals surface area contributed by atoms with Crippen molar-refractivity contribution in [3.63, 3.8) is 0 Å². The largest absolute Gasteiger partial charge is 0.494 e. The third-order valence-corrected chi connectivity index (χ3v) is 4.33. The van der Waals surface area contributed by atoms with Crippen molar-refractivity contribution in [2.24, 2.45) is 4.99 Å². The quantitative estimate of drug-likeness (QED) is 0.577. The number of nitrogens with one attached hydrogen (secondary N) is 1. The summed E-state index contributed by atoms with van der Waals surface area (Å²) in [5, 5.41) is 3.33. The van der Waals surface area contributed by atoms with Crippen molar-refractivity contribution in [2.45, 2.75) is 39.0 Å². The molecule has 1 aliphatic heterocycles. The molecule has 1 aliphatic rings. The van der Waals surface area contributed by atoms with E-state index in [1.54, 1.807) is 0 Å². The van der Waals surface area contributed by atoms with E-state index in [2.05, 4.69) is 10.3 Å². The van der Waals surface area contributed by atoms with Crippen LogP contribution in [0.5, 0.6) is 5.75 Å². The van der Waals surface area contributed by atoms with Crippen LogP contribution >= 0.6 is 0 Å². The van der Waals surface area contributed by atoms with E-state index >= 15 is 0 Å². The molecule has 0 amide bonds. The molecule has 0 radical (unpaired) electrons. The molecule has 1 aromatic rings. The van der Waals surface area contributed by atoms with Crippen molar-refractivity contribution < 1.29 is 17.9 Å². The minimum atomic E-state index is -4.15. The first-order valence-corrected chi connectivity index (χ1v) is 9.33. The van der Waals surface area contributed by atoms with Crippen LogP contribution in [0.4, 0.5) is 13.2 Å². The first kappa shape index (κ1) is 21.3. The summed E-state index contributed by atoms with van der Waals surface area (Å²) in [7, 11) is 1.93. The molecule has 0 spiro atoms. The highest BCUT2D eigenvalue weighted by Gasteiger charge is 2.34. The Morgan fingerprint density at radius 1 is 1.30 bits per heavy atom. The van der Waals surface area contributed by atoms with Crippen LogP contribution in [-0.2, 0) is 6.54 Å². The highest BCUT2D eigenvalue weighted by molar-refractivity contribution is 5.80.